The van der Waals surface area contributed by atoms with Crippen molar-refractivity contribution in [2.45, 2.75) is 44.6 Å². The van der Waals surface area contributed by atoms with Crippen molar-refractivity contribution in [3.05, 3.63) is 18.2 Å². The van der Waals surface area contributed by atoms with Gasteiger partial charge in [0.1, 0.15) is 0 Å². The van der Waals surface area contributed by atoms with Crippen LogP contribution < -0.4 is 5.32 Å². The van der Waals surface area contributed by atoms with E-state index < -0.39 is 0 Å². The molecule has 0 spiro atoms. The van der Waals surface area contributed by atoms with Crippen LogP contribution in [0.3, 0.4) is 0 Å². The van der Waals surface area contributed by atoms with Gasteiger partial charge in [0.2, 0.25) is 0 Å². The zero-order chi connectivity index (χ0) is 13.2. The molecule has 0 radical (unpaired) electrons. The Morgan fingerprint density at radius 1 is 1.44 bits per heavy atom. The van der Waals surface area contributed by atoms with E-state index in [9.17, 15) is 0 Å². The lowest BCUT2D eigenvalue weighted by atomic mass is 9.78. The van der Waals surface area contributed by atoms with E-state index in [-0.39, 0.29) is 11.0 Å². The van der Waals surface area contributed by atoms with Crippen molar-refractivity contribution >= 4 is 0 Å². The van der Waals surface area contributed by atoms with Gasteiger partial charge in [0.25, 0.3) is 0 Å². The van der Waals surface area contributed by atoms with Gasteiger partial charge in [-0.25, -0.2) is 4.98 Å². The minimum atomic E-state index is -0.0472. The molecule has 1 aromatic heterocycles. The van der Waals surface area contributed by atoms with E-state index in [1.807, 2.05) is 12.5 Å². The number of aromatic nitrogens is 2. The van der Waals surface area contributed by atoms with Crippen LogP contribution in [-0.2, 0) is 15.7 Å². The highest BCUT2D eigenvalue weighted by Gasteiger charge is 2.35. The summed E-state index contributed by atoms with van der Waals surface area (Å²) in [6, 6.07) is 0. The lowest BCUT2D eigenvalue weighted by molar-refractivity contribution is 0.104. The summed E-state index contributed by atoms with van der Waals surface area (Å²) in [5.74, 6) is 0. The van der Waals surface area contributed by atoms with Gasteiger partial charge in [-0.15, -0.1) is 0 Å². The van der Waals surface area contributed by atoms with Gasteiger partial charge in [0.05, 0.1) is 18.5 Å². The molecule has 0 amide bonds. The number of nitrogens with zero attached hydrogens (tertiary/aromatic N) is 2. The van der Waals surface area contributed by atoms with Crippen LogP contribution in [-0.4, -0.2) is 36.4 Å². The first-order chi connectivity index (χ1) is 8.49. The molecule has 0 aromatic carbocycles. The van der Waals surface area contributed by atoms with Crippen molar-refractivity contribution in [1.82, 2.24) is 14.9 Å². The number of hydrogen-bond acceptors (Lipinski definition) is 3. The summed E-state index contributed by atoms with van der Waals surface area (Å²) in [5.41, 5.74) is 1.52. The molecule has 2 rings (SSSR count). The minimum absolute atomic E-state index is 0.0472. The number of ether oxygens (including phenoxy) is 1. The Bertz CT molecular complexity index is 391. The summed E-state index contributed by atoms with van der Waals surface area (Å²) in [6.07, 6.45) is 6.31. The fraction of sp³-hybridized carbons (Fsp3) is 0.786. The van der Waals surface area contributed by atoms with Crippen molar-refractivity contribution in [2.24, 2.45) is 0 Å². The highest BCUT2D eigenvalue weighted by atomic mass is 16.5. The molecule has 1 aliphatic rings. The number of piperidine rings is 1. The van der Waals surface area contributed by atoms with E-state index in [0.29, 0.717) is 6.61 Å². The molecule has 4 nitrogen and oxygen atoms in total. The zero-order valence-electron chi connectivity index (χ0n) is 12.0. The molecule has 4 heteroatoms. The molecule has 0 atom stereocenters. The van der Waals surface area contributed by atoms with Gasteiger partial charge in [0.15, 0.2) is 0 Å². The second kappa shape index (κ2) is 5.02. The number of methoxy groups -OCH3 is 1. The van der Waals surface area contributed by atoms with Crippen molar-refractivity contribution in [1.29, 1.82) is 0 Å². The van der Waals surface area contributed by atoms with Gasteiger partial charge in [-0.1, -0.05) is 6.92 Å². The van der Waals surface area contributed by atoms with E-state index in [2.05, 4.69) is 35.6 Å². The van der Waals surface area contributed by atoms with Gasteiger partial charge >= 0.3 is 0 Å². The molecule has 1 N–H and O–H groups in total. The van der Waals surface area contributed by atoms with Crippen molar-refractivity contribution in [3.8, 4) is 0 Å². The van der Waals surface area contributed by atoms with Crippen LogP contribution in [0.1, 0.15) is 39.3 Å². The van der Waals surface area contributed by atoms with Crippen LogP contribution in [0.2, 0.25) is 0 Å². The average molecular weight is 251 g/mol. The first-order valence-corrected chi connectivity index (χ1v) is 6.73. The number of rotatable bonds is 4. The summed E-state index contributed by atoms with van der Waals surface area (Å²) in [6.45, 7) is 9.63. The van der Waals surface area contributed by atoms with Gasteiger partial charge < -0.3 is 14.6 Å². The van der Waals surface area contributed by atoms with Crippen LogP contribution in [0.5, 0.6) is 0 Å². The van der Waals surface area contributed by atoms with Crippen LogP contribution in [0, 0.1) is 0 Å². The molecule has 1 aliphatic heterocycles. The molecular weight excluding hydrogens is 226 g/mol. The number of hydrogen-bond donors (Lipinski definition) is 1. The van der Waals surface area contributed by atoms with Crippen LogP contribution in [0.25, 0.3) is 0 Å². The van der Waals surface area contributed by atoms with Crippen LogP contribution >= 0.6 is 0 Å². The topological polar surface area (TPSA) is 39.1 Å². The normalized spacial score (nSPS) is 20.0. The van der Waals surface area contributed by atoms with Crippen LogP contribution in [0.4, 0.5) is 0 Å². The smallest absolute Gasteiger partial charge is 0.0954 e. The highest BCUT2D eigenvalue weighted by molar-refractivity contribution is 5.17. The number of imidazole rings is 1. The first-order valence-electron chi connectivity index (χ1n) is 6.73. The molecule has 1 aromatic rings. The molecule has 18 heavy (non-hydrogen) atoms. The van der Waals surface area contributed by atoms with E-state index in [1.165, 1.54) is 18.5 Å². The predicted molar refractivity (Wildman–Crippen MR) is 72.9 cm³/mol. The summed E-state index contributed by atoms with van der Waals surface area (Å²) in [7, 11) is 1.75. The molecule has 102 valence electrons. The molecule has 1 fully saturated rings. The second-order valence-electron chi connectivity index (χ2n) is 6.20. The molecule has 0 unspecified atom stereocenters. The Labute approximate surface area is 110 Å². The van der Waals surface area contributed by atoms with Gasteiger partial charge in [-0.3, -0.25) is 0 Å². The van der Waals surface area contributed by atoms with Crippen LogP contribution in [0.15, 0.2) is 12.5 Å². The van der Waals surface area contributed by atoms with E-state index in [0.717, 1.165) is 13.1 Å². The molecule has 2 heterocycles. The summed E-state index contributed by atoms with van der Waals surface area (Å²) < 4.78 is 7.64. The standard InChI is InChI=1S/C14H25N3O/c1-13(2,10-18-4)17-11-16-9-12(17)14(3)5-7-15-8-6-14/h9,11,15H,5-8,10H2,1-4H3. The third-order valence-corrected chi connectivity index (χ3v) is 4.11. The molecule has 0 bridgehead atoms. The third kappa shape index (κ3) is 2.45. The Hall–Kier alpha value is -0.870. The SMILES string of the molecule is COCC(C)(C)n1cncc1C1(C)CCNCC1. The number of nitrogens with one attached hydrogen (secondary N) is 1. The monoisotopic (exact) mass is 251 g/mol. The Morgan fingerprint density at radius 3 is 2.72 bits per heavy atom. The predicted octanol–water partition coefficient (Wildman–Crippen LogP) is 1.91. The fourth-order valence-corrected chi connectivity index (χ4v) is 2.88. The maximum atomic E-state index is 5.34. The maximum Gasteiger partial charge on any atom is 0.0954 e. The largest absolute Gasteiger partial charge is 0.382 e. The van der Waals surface area contributed by atoms with Crippen molar-refractivity contribution in [2.75, 3.05) is 26.8 Å². The van der Waals surface area contributed by atoms with Crippen molar-refractivity contribution < 1.29 is 4.74 Å². The summed E-state index contributed by atoms with van der Waals surface area (Å²) >= 11 is 0. The summed E-state index contributed by atoms with van der Waals surface area (Å²) in [5, 5.41) is 3.43. The highest BCUT2D eigenvalue weighted by Crippen LogP contribution is 2.35. The molecule has 0 saturated carbocycles. The van der Waals surface area contributed by atoms with Gasteiger partial charge in [-0.05, 0) is 39.8 Å². The minimum Gasteiger partial charge on any atom is -0.382 e. The third-order valence-electron chi connectivity index (χ3n) is 4.11. The average Bonchev–Trinajstić information content (AvgIpc) is 2.80. The maximum absolute atomic E-state index is 5.34. The Morgan fingerprint density at radius 2 is 2.11 bits per heavy atom. The summed E-state index contributed by atoms with van der Waals surface area (Å²) in [4.78, 5) is 4.38. The van der Waals surface area contributed by atoms with E-state index in [1.54, 1.807) is 7.11 Å². The lowest BCUT2D eigenvalue weighted by Crippen LogP contribution is -2.42. The quantitative estimate of drug-likeness (QED) is 0.888. The lowest BCUT2D eigenvalue weighted by Gasteiger charge is -2.38. The first kappa shape index (κ1) is 13.6. The molecule has 0 aliphatic carbocycles. The zero-order valence-corrected chi connectivity index (χ0v) is 12.0. The Balaban J connectivity index is 2.32. The molecular formula is C14H25N3O. The Kier molecular flexibility index (Phi) is 3.78. The molecule has 1 saturated heterocycles. The van der Waals surface area contributed by atoms with Crippen molar-refractivity contribution in [3.63, 3.8) is 0 Å². The fourth-order valence-electron chi connectivity index (χ4n) is 2.88. The second-order valence-corrected chi connectivity index (χ2v) is 6.20. The van der Waals surface area contributed by atoms with E-state index in [4.69, 9.17) is 4.74 Å². The van der Waals surface area contributed by atoms with Gasteiger partial charge in [-0.2, -0.15) is 0 Å². The van der Waals surface area contributed by atoms with Gasteiger partial charge in [0, 0.05) is 24.4 Å². The van der Waals surface area contributed by atoms with E-state index >= 15 is 0 Å².